The summed E-state index contributed by atoms with van der Waals surface area (Å²) in [6.07, 6.45) is 1.09. The molecular formula is C14H16N2O. The maximum absolute atomic E-state index is 11.8. The van der Waals surface area contributed by atoms with Crippen LogP contribution in [0.2, 0.25) is 0 Å². The lowest BCUT2D eigenvalue weighted by Gasteiger charge is -2.03. The first-order valence-corrected chi connectivity index (χ1v) is 5.80. The molecule has 1 fully saturated rings. The van der Waals surface area contributed by atoms with Crippen molar-refractivity contribution in [3.05, 3.63) is 35.4 Å². The van der Waals surface area contributed by atoms with Crippen molar-refractivity contribution in [2.45, 2.75) is 19.4 Å². The lowest BCUT2D eigenvalue weighted by atomic mass is 10.1. The van der Waals surface area contributed by atoms with E-state index in [9.17, 15) is 4.79 Å². The Morgan fingerprint density at radius 3 is 2.65 bits per heavy atom. The van der Waals surface area contributed by atoms with Gasteiger partial charge in [-0.25, -0.2) is 0 Å². The Morgan fingerprint density at radius 1 is 1.47 bits per heavy atom. The number of nitrogens with two attached hydrogens (primary N) is 1. The molecule has 0 aliphatic heterocycles. The van der Waals surface area contributed by atoms with Gasteiger partial charge in [-0.05, 0) is 36.6 Å². The summed E-state index contributed by atoms with van der Waals surface area (Å²) in [6, 6.07) is 7.63. The molecule has 1 aromatic rings. The van der Waals surface area contributed by atoms with Crippen molar-refractivity contribution in [1.82, 2.24) is 5.32 Å². The first-order valence-electron chi connectivity index (χ1n) is 5.80. The maximum atomic E-state index is 11.8. The quantitative estimate of drug-likeness (QED) is 0.746. The Labute approximate surface area is 101 Å². The molecule has 17 heavy (non-hydrogen) atoms. The molecule has 0 heterocycles. The van der Waals surface area contributed by atoms with E-state index >= 15 is 0 Å². The van der Waals surface area contributed by atoms with Crippen LogP contribution in [0.1, 0.15) is 29.3 Å². The molecule has 0 spiro atoms. The van der Waals surface area contributed by atoms with Crippen molar-refractivity contribution >= 4 is 5.91 Å². The zero-order chi connectivity index (χ0) is 12.3. The van der Waals surface area contributed by atoms with Crippen molar-refractivity contribution < 1.29 is 4.79 Å². The van der Waals surface area contributed by atoms with E-state index in [-0.39, 0.29) is 5.91 Å². The highest BCUT2D eigenvalue weighted by Crippen LogP contribution is 2.29. The van der Waals surface area contributed by atoms with E-state index < -0.39 is 0 Å². The first-order chi connectivity index (χ1) is 8.20. The summed E-state index contributed by atoms with van der Waals surface area (Å²) < 4.78 is 0. The summed E-state index contributed by atoms with van der Waals surface area (Å²) in [5.74, 6) is 6.32. The van der Waals surface area contributed by atoms with E-state index in [0.717, 1.165) is 12.0 Å². The number of rotatable bonds is 2. The molecule has 2 rings (SSSR count). The van der Waals surface area contributed by atoms with Gasteiger partial charge < -0.3 is 11.1 Å². The second kappa shape index (κ2) is 5.03. The topological polar surface area (TPSA) is 55.1 Å². The summed E-state index contributed by atoms with van der Waals surface area (Å²) in [4.78, 5) is 11.8. The lowest BCUT2D eigenvalue weighted by Crippen LogP contribution is -2.26. The first kappa shape index (κ1) is 11.7. The average Bonchev–Trinajstić information content (AvgIpc) is 3.03. The number of hydrogen-bond donors (Lipinski definition) is 2. The molecule has 0 aromatic heterocycles. The number of carbonyl (C=O) groups is 1. The Balaban J connectivity index is 1.99. The summed E-state index contributed by atoms with van der Waals surface area (Å²) in [6.45, 7) is 2.48. The Bertz CT molecular complexity index is 467. The molecule has 1 aromatic carbocycles. The molecular weight excluding hydrogens is 212 g/mol. The van der Waals surface area contributed by atoms with Gasteiger partial charge in [0.1, 0.15) is 0 Å². The SMILES string of the molecule is CC1CC1NC(=O)c1ccc(C#CCN)cc1. The predicted molar refractivity (Wildman–Crippen MR) is 67.4 cm³/mol. The second-order valence-corrected chi connectivity index (χ2v) is 4.38. The third-order valence-corrected chi connectivity index (χ3v) is 2.91. The van der Waals surface area contributed by atoms with Crippen molar-refractivity contribution in [3.8, 4) is 11.8 Å². The van der Waals surface area contributed by atoms with E-state index in [1.807, 2.05) is 12.1 Å². The van der Waals surface area contributed by atoms with Gasteiger partial charge in [-0.2, -0.15) is 0 Å². The zero-order valence-corrected chi connectivity index (χ0v) is 9.86. The summed E-state index contributed by atoms with van der Waals surface area (Å²) in [5.41, 5.74) is 6.86. The smallest absolute Gasteiger partial charge is 0.251 e. The molecule has 0 radical (unpaired) electrons. The van der Waals surface area contributed by atoms with Crippen LogP contribution in [0.25, 0.3) is 0 Å². The van der Waals surface area contributed by atoms with E-state index in [1.165, 1.54) is 0 Å². The van der Waals surface area contributed by atoms with Crippen LogP contribution in [0.4, 0.5) is 0 Å². The van der Waals surface area contributed by atoms with Crippen LogP contribution in [0, 0.1) is 17.8 Å². The standard InChI is InChI=1S/C14H16N2O/c1-10-9-13(10)16-14(17)12-6-4-11(5-7-12)3-2-8-15/h4-7,10,13H,8-9,15H2,1H3,(H,16,17). The van der Waals surface area contributed by atoms with Gasteiger partial charge in [0.15, 0.2) is 0 Å². The molecule has 1 aliphatic carbocycles. The lowest BCUT2D eigenvalue weighted by molar-refractivity contribution is 0.0949. The minimum Gasteiger partial charge on any atom is -0.349 e. The molecule has 3 N–H and O–H groups in total. The fourth-order valence-corrected chi connectivity index (χ4v) is 1.63. The highest BCUT2D eigenvalue weighted by atomic mass is 16.1. The second-order valence-electron chi connectivity index (χ2n) is 4.38. The summed E-state index contributed by atoms with van der Waals surface area (Å²) >= 11 is 0. The van der Waals surface area contributed by atoms with Gasteiger partial charge in [-0.3, -0.25) is 4.79 Å². The van der Waals surface area contributed by atoms with Crippen molar-refractivity contribution in [1.29, 1.82) is 0 Å². The number of amides is 1. The van der Waals surface area contributed by atoms with Crippen LogP contribution < -0.4 is 11.1 Å². The van der Waals surface area contributed by atoms with Crippen LogP contribution in [0.3, 0.4) is 0 Å². The van der Waals surface area contributed by atoms with E-state index in [0.29, 0.717) is 24.1 Å². The van der Waals surface area contributed by atoms with Crippen LogP contribution >= 0.6 is 0 Å². The molecule has 2 atom stereocenters. The van der Waals surface area contributed by atoms with Gasteiger partial charge in [0.05, 0.1) is 6.54 Å². The molecule has 0 saturated heterocycles. The van der Waals surface area contributed by atoms with Crippen LogP contribution in [-0.2, 0) is 0 Å². The van der Waals surface area contributed by atoms with Gasteiger partial charge >= 0.3 is 0 Å². The molecule has 1 saturated carbocycles. The number of carbonyl (C=O) groups excluding carboxylic acids is 1. The van der Waals surface area contributed by atoms with Crippen LogP contribution in [-0.4, -0.2) is 18.5 Å². The molecule has 3 heteroatoms. The molecule has 0 bridgehead atoms. The third-order valence-electron chi connectivity index (χ3n) is 2.91. The van der Waals surface area contributed by atoms with Gasteiger partial charge in [0, 0.05) is 17.2 Å². The summed E-state index contributed by atoms with van der Waals surface area (Å²) in [7, 11) is 0. The van der Waals surface area contributed by atoms with Gasteiger partial charge in [-0.1, -0.05) is 18.8 Å². The highest BCUT2D eigenvalue weighted by molar-refractivity contribution is 5.94. The maximum Gasteiger partial charge on any atom is 0.251 e. The van der Waals surface area contributed by atoms with Crippen LogP contribution in [0.15, 0.2) is 24.3 Å². The van der Waals surface area contributed by atoms with Gasteiger partial charge in [-0.15, -0.1) is 0 Å². The number of hydrogen-bond acceptors (Lipinski definition) is 2. The molecule has 3 nitrogen and oxygen atoms in total. The monoisotopic (exact) mass is 228 g/mol. The van der Waals surface area contributed by atoms with Crippen molar-refractivity contribution in [2.75, 3.05) is 6.54 Å². The van der Waals surface area contributed by atoms with E-state index in [2.05, 4.69) is 24.1 Å². The van der Waals surface area contributed by atoms with E-state index in [4.69, 9.17) is 5.73 Å². The number of benzene rings is 1. The molecule has 1 aliphatic rings. The fourth-order valence-electron chi connectivity index (χ4n) is 1.63. The predicted octanol–water partition coefficient (Wildman–Crippen LogP) is 1.14. The molecule has 88 valence electrons. The minimum absolute atomic E-state index is 0.00214. The van der Waals surface area contributed by atoms with Crippen LogP contribution in [0.5, 0.6) is 0 Å². The molecule has 1 amide bonds. The Morgan fingerprint density at radius 2 is 2.12 bits per heavy atom. The summed E-state index contributed by atoms with van der Waals surface area (Å²) in [5, 5.41) is 2.99. The minimum atomic E-state index is -0.00214. The van der Waals surface area contributed by atoms with Gasteiger partial charge in [0.2, 0.25) is 0 Å². The third kappa shape index (κ3) is 3.08. The van der Waals surface area contributed by atoms with Crippen molar-refractivity contribution in [2.24, 2.45) is 11.7 Å². The highest BCUT2D eigenvalue weighted by Gasteiger charge is 2.33. The number of nitrogens with one attached hydrogen (secondary N) is 1. The Kier molecular flexibility index (Phi) is 3.46. The Hall–Kier alpha value is -1.79. The normalized spacial score (nSPS) is 21.3. The molecule has 2 unspecified atom stereocenters. The van der Waals surface area contributed by atoms with Crippen molar-refractivity contribution in [3.63, 3.8) is 0 Å². The fraction of sp³-hybridized carbons (Fsp3) is 0.357. The average molecular weight is 228 g/mol. The zero-order valence-electron chi connectivity index (χ0n) is 9.86. The van der Waals surface area contributed by atoms with E-state index in [1.54, 1.807) is 12.1 Å². The largest absolute Gasteiger partial charge is 0.349 e. The van der Waals surface area contributed by atoms with Gasteiger partial charge in [0.25, 0.3) is 5.91 Å².